The Hall–Kier alpha value is -1.10. The van der Waals surface area contributed by atoms with E-state index < -0.39 is 12.1 Å². The number of methoxy groups -OCH3 is 1. The molecule has 1 aliphatic rings. The Morgan fingerprint density at radius 2 is 1.95 bits per heavy atom. The van der Waals surface area contributed by atoms with Crippen molar-refractivity contribution in [1.82, 2.24) is 10.2 Å². The summed E-state index contributed by atoms with van der Waals surface area (Å²) in [5, 5.41) is 2.83. The van der Waals surface area contributed by atoms with Crippen LogP contribution >= 0.6 is 0 Å². The first-order chi connectivity index (χ1) is 8.97. The molecule has 1 rings (SSSR count). The summed E-state index contributed by atoms with van der Waals surface area (Å²) in [6.45, 7) is 8.33. The maximum absolute atomic E-state index is 12.5. The van der Waals surface area contributed by atoms with Crippen LogP contribution in [0.15, 0.2) is 0 Å². The predicted octanol–water partition coefficient (Wildman–Crippen LogP) is 1.17. The zero-order valence-corrected chi connectivity index (χ0v) is 12.6. The molecule has 0 radical (unpaired) electrons. The van der Waals surface area contributed by atoms with Crippen LogP contribution in [-0.2, 0) is 14.3 Å². The Balaban J connectivity index is 3.07. The molecule has 1 saturated heterocycles. The summed E-state index contributed by atoms with van der Waals surface area (Å²) in [7, 11) is 1.62. The van der Waals surface area contributed by atoms with Gasteiger partial charge in [-0.25, -0.2) is 0 Å². The summed E-state index contributed by atoms with van der Waals surface area (Å²) in [6, 6.07) is -0.825. The molecule has 0 aromatic rings. The van der Waals surface area contributed by atoms with E-state index in [1.54, 1.807) is 12.0 Å². The molecule has 3 atom stereocenters. The van der Waals surface area contributed by atoms with Gasteiger partial charge >= 0.3 is 0 Å². The number of hydrogen-bond donors (Lipinski definition) is 1. The number of carbonyl (C=O) groups excluding carboxylic acids is 2. The molecule has 2 amide bonds. The normalized spacial score (nSPS) is 25.7. The molecule has 1 heterocycles. The van der Waals surface area contributed by atoms with Crippen LogP contribution in [0.1, 0.15) is 40.5 Å². The number of ether oxygens (including phenoxy) is 1. The van der Waals surface area contributed by atoms with E-state index in [0.29, 0.717) is 13.0 Å². The summed E-state index contributed by atoms with van der Waals surface area (Å²) >= 11 is 0. The average molecular weight is 270 g/mol. The van der Waals surface area contributed by atoms with E-state index >= 15 is 0 Å². The van der Waals surface area contributed by atoms with Crippen LogP contribution in [0.5, 0.6) is 0 Å². The highest BCUT2D eigenvalue weighted by atomic mass is 16.5. The predicted molar refractivity (Wildman–Crippen MR) is 73.6 cm³/mol. The Morgan fingerprint density at radius 3 is 2.37 bits per heavy atom. The number of nitrogens with zero attached hydrogens (tertiary/aromatic N) is 1. The van der Waals surface area contributed by atoms with E-state index in [2.05, 4.69) is 5.32 Å². The lowest BCUT2D eigenvalue weighted by molar-refractivity contribution is -0.155. The van der Waals surface area contributed by atoms with Crippen molar-refractivity contribution in [2.24, 2.45) is 5.92 Å². The second kappa shape index (κ2) is 6.89. The lowest BCUT2D eigenvalue weighted by atomic mass is 9.94. The van der Waals surface area contributed by atoms with Crippen molar-refractivity contribution >= 4 is 11.8 Å². The molecule has 0 saturated carbocycles. The fourth-order valence-corrected chi connectivity index (χ4v) is 2.66. The minimum Gasteiger partial charge on any atom is -0.383 e. The quantitative estimate of drug-likeness (QED) is 0.788. The van der Waals surface area contributed by atoms with Crippen molar-refractivity contribution in [3.63, 3.8) is 0 Å². The summed E-state index contributed by atoms with van der Waals surface area (Å²) in [6.07, 6.45) is 1.40. The van der Waals surface area contributed by atoms with Gasteiger partial charge in [0.15, 0.2) is 0 Å². The van der Waals surface area contributed by atoms with Gasteiger partial charge in [0.2, 0.25) is 11.8 Å². The van der Waals surface area contributed by atoms with E-state index in [0.717, 1.165) is 6.42 Å². The molecule has 5 nitrogen and oxygen atoms in total. The van der Waals surface area contributed by atoms with Gasteiger partial charge in [-0.05, 0) is 18.8 Å². The number of hydrogen-bond acceptors (Lipinski definition) is 3. The summed E-state index contributed by atoms with van der Waals surface area (Å²) < 4.78 is 5.20. The minimum atomic E-state index is -0.395. The molecular formula is C14H26N2O3. The number of rotatable bonds is 6. The molecule has 19 heavy (non-hydrogen) atoms. The molecule has 3 unspecified atom stereocenters. The largest absolute Gasteiger partial charge is 0.383 e. The van der Waals surface area contributed by atoms with E-state index in [4.69, 9.17) is 4.74 Å². The Morgan fingerprint density at radius 1 is 1.32 bits per heavy atom. The van der Waals surface area contributed by atoms with Crippen LogP contribution in [0.25, 0.3) is 0 Å². The summed E-state index contributed by atoms with van der Waals surface area (Å²) in [5.41, 5.74) is 0. The first-order valence-corrected chi connectivity index (χ1v) is 7.09. The second-order valence-corrected chi connectivity index (χ2v) is 5.42. The Bertz CT molecular complexity index is 331. The number of carbonyl (C=O) groups is 2. The topological polar surface area (TPSA) is 58.6 Å². The van der Waals surface area contributed by atoms with Crippen molar-refractivity contribution in [3.8, 4) is 0 Å². The molecule has 0 aliphatic carbocycles. The molecule has 5 heteroatoms. The molecular weight excluding hydrogens is 244 g/mol. The van der Waals surface area contributed by atoms with Gasteiger partial charge < -0.3 is 15.0 Å². The maximum atomic E-state index is 12.5. The van der Waals surface area contributed by atoms with Crippen molar-refractivity contribution in [3.05, 3.63) is 0 Å². The zero-order valence-electron chi connectivity index (χ0n) is 12.6. The van der Waals surface area contributed by atoms with Gasteiger partial charge in [-0.2, -0.15) is 0 Å². The molecule has 1 N–H and O–H groups in total. The first kappa shape index (κ1) is 16.0. The molecule has 0 bridgehead atoms. The lowest BCUT2D eigenvalue weighted by Crippen LogP contribution is -2.67. The smallest absolute Gasteiger partial charge is 0.246 e. The van der Waals surface area contributed by atoms with Crippen molar-refractivity contribution in [2.75, 3.05) is 13.7 Å². The van der Waals surface area contributed by atoms with Crippen LogP contribution < -0.4 is 5.32 Å². The highest BCUT2D eigenvalue weighted by Crippen LogP contribution is 2.22. The van der Waals surface area contributed by atoms with Gasteiger partial charge in [-0.15, -0.1) is 0 Å². The van der Waals surface area contributed by atoms with Crippen LogP contribution in [-0.4, -0.2) is 48.6 Å². The van der Waals surface area contributed by atoms with Gasteiger partial charge in [0.05, 0.1) is 12.6 Å². The van der Waals surface area contributed by atoms with Crippen LogP contribution in [0, 0.1) is 5.92 Å². The van der Waals surface area contributed by atoms with Crippen LogP contribution in [0.4, 0.5) is 0 Å². The minimum absolute atomic E-state index is 0.0182. The average Bonchev–Trinajstić information content (AvgIpc) is 2.37. The molecule has 0 aromatic carbocycles. The summed E-state index contributed by atoms with van der Waals surface area (Å²) in [4.78, 5) is 26.5. The van der Waals surface area contributed by atoms with Gasteiger partial charge in [0.25, 0.3) is 0 Å². The molecule has 0 spiro atoms. The highest BCUT2D eigenvalue weighted by molar-refractivity contribution is 5.97. The van der Waals surface area contributed by atoms with E-state index in [1.807, 2.05) is 27.7 Å². The van der Waals surface area contributed by atoms with E-state index in [9.17, 15) is 9.59 Å². The van der Waals surface area contributed by atoms with E-state index in [1.165, 1.54) is 0 Å². The maximum Gasteiger partial charge on any atom is 0.246 e. The molecule has 0 aromatic heterocycles. The van der Waals surface area contributed by atoms with Crippen LogP contribution in [0.2, 0.25) is 0 Å². The number of piperazine rings is 1. The van der Waals surface area contributed by atoms with Crippen LogP contribution in [0.3, 0.4) is 0 Å². The van der Waals surface area contributed by atoms with E-state index in [-0.39, 0.29) is 23.8 Å². The Labute approximate surface area is 115 Å². The van der Waals surface area contributed by atoms with Gasteiger partial charge in [-0.1, -0.05) is 27.7 Å². The van der Waals surface area contributed by atoms with Crippen molar-refractivity contribution < 1.29 is 14.3 Å². The highest BCUT2D eigenvalue weighted by Gasteiger charge is 2.43. The van der Waals surface area contributed by atoms with Gasteiger partial charge in [-0.3, -0.25) is 9.59 Å². The first-order valence-electron chi connectivity index (χ1n) is 7.09. The Kier molecular flexibility index (Phi) is 5.79. The third-order valence-electron chi connectivity index (χ3n) is 3.70. The lowest BCUT2D eigenvalue weighted by Gasteiger charge is -2.44. The third-order valence-corrected chi connectivity index (χ3v) is 3.70. The SMILES string of the molecule is CCC1NC(=O)C(C(C)C)N(C(CC)COC)C1=O. The van der Waals surface area contributed by atoms with Gasteiger partial charge in [0, 0.05) is 7.11 Å². The van der Waals surface area contributed by atoms with Crippen molar-refractivity contribution in [2.45, 2.75) is 58.7 Å². The second-order valence-electron chi connectivity index (χ2n) is 5.42. The molecule has 110 valence electrons. The number of nitrogens with one attached hydrogen (secondary N) is 1. The third kappa shape index (κ3) is 3.26. The fourth-order valence-electron chi connectivity index (χ4n) is 2.66. The standard InChI is InChI=1S/C14H26N2O3/c1-6-10(8-19-5)16-12(9(3)4)13(17)15-11(7-2)14(16)18/h9-12H,6-8H2,1-5H3,(H,15,17). The zero-order chi connectivity index (χ0) is 14.6. The molecule has 1 aliphatic heterocycles. The fraction of sp³-hybridized carbons (Fsp3) is 0.857. The number of amides is 2. The van der Waals surface area contributed by atoms with Gasteiger partial charge in [0.1, 0.15) is 12.1 Å². The van der Waals surface area contributed by atoms with Crippen molar-refractivity contribution in [1.29, 1.82) is 0 Å². The monoisotopic (exact) mass is 270 g/mol. The summed E-state index contributed by atoms with van der Waals surface area (Å²) in [5.74, 6) is 0.0633. The molecule has 1 fully saturated rings.